The molecule has 1 aromatic carbocycles. The third-order valence-corrected chi connectivity index (χ3v) is 3.00. The minimum absolute atomic E-state index is 0.428. The van der Waals surface area contributed by atoms with Crippen LogP contribution in [0.5, 0.6) is 11.5 Å². The van der Waals surface area contributed by atoms with Crippen LogP contribution in [0.2, 0.25) is 0 Å². The third-order valence-electron chi connectivity index (χ3n) is 3.00. The zero-order chi connectivity index (χ0) is 12.1. The van der Waals surface area contributed by atoms with Crippen molar-refractivity contribution in [3.05, 3.63) is 23.8 Å². The zero-order valence-corrected chi connectivity index (χ0v) is 10.9. The first kappa shape index (κ1) is 12.9. The Balaban J connectivity index is 3.18. The maximum Gasteiger partial charge on any atom is 0.126 e. The summed E-state index contributed by atoms with van der Waals surface area (Å²) in [6.07, 6.45) is 0. The highest BCUT2D eigenvalue weighted by molar-refractivity contribution is 5.47. The van der Waals surface area contributed by atoms with E-state index in [-0.39, 0.29) is 0 Å². The van der Waals surface area contributed by atoms with Gasteiger partial charge in [-0.15, -0.1) is 0 Å². The summed E-state index contributed by atoms with van der Waals surface area (Å²) in [5.41, 5.74) is 1.18. The molecule has 2 heteroatoms. The van der Waals surface area contributed by atoms with Gasteiger partial charge in [0.2, 0.25) is 0 Å². The molecule has 2 nitrogen and oxygen atoms in total. The lowest BCUT2D eigenvalue weighted by atomic mass is 9.89. The lowest BCUT2D eigenvalue weighted by Crippen LogP contribution is -2.07. The Morgan fingerprint density at radius 3 is 2.25 bits per heavy atom. The second kappa shape index (κ2) is 5.78. The van der Waals surface area contributed by atoms with Gasteiger partial charge in [0.05, 0.1) is 13.7 Å². The summed E-state index contributed by atoms with van der Waals surface area (Å²) in [6, 6.07) is 5.98. The van der Waals surface area contributed by atoms with Crippen molar-refractivity contribution < 1.29 is 9.47 Å². The fourth-order valence-electron chi connectivity index (χ4n) is 1.77. The van der Waals surface area contributed by atoms with Crippen LogP contribution in [0.4, 0.5) is 0 Å². The van der Waals surface area contributed by atoms with E-state index in [0.29, 0.717) is 18.4 Å². The molecular weight excluding hydrogens is 200 g/mol. The van der Waals surface area contributed by atoms with Crippen molar-refractivity contribution in [2.24, 2.45) is 5.92 Å². The molecule has 1 aromatic rings. The number of ether oxygens (including phenoxy) is 2. The molecule has 0 bridgehead atoms. The minimum Gasteiger partial charge on any atom is -0.496 e. The summed E-state index contributed by atoms with van der Waals surface area (Å²) in [4.78, 5) is 0. The fourth-order valence-corrected chi connectivity index (χ4v) is 1.77. The lowest BCUT2D eigenvalue weighted by molar-refractivity contribution is 0.323. The van der Waals surface area contributed by atoms with E-state index in [1.807, 2.05) is 25.1 Å². The number of methoxy groups -OCH3 is 1. The zero-order valence-electron chi connectivity index (χ0n) is 10.9. The van der Waals surface area contributed by atoms with Crippen LogP contribution in [0.1, 0.15) is 39.2 Å². The average molecular weight is 222 g/mol. The summed E-state index contributed by atoms with van der Waals surface area (Å²) in [6.45, 7) is 9.33. The van der Waals surface area contributed by atoms with Gasteiger partial charge in [-0.3, -0.25) is 0 Å². The van der Waals surface area contributed by atoms with Crippen molar-refractivity contribution in [2.75, 3.05) is 13.7 Å². The van der Waals surface area contributed by atoms with Crippen LogP contribution in [0, 0.1) is 5.92 Å². The Kier molecular flexibility index (Phi) is 4.66. The first-order chi connectivity index (χ1) is 7.61. The number of hydrogen-bond donors (Lipinski definition) is 0. The van der Waals surface area contributed by atoms with Gasteiger partial charge < -0.3 is 9.47 Å². The first-order valence-corrected chi connectivity index (χ1v) is 5.91. The monoisotopic (exact) mass is 222 g/mol. The SMILES string of the molecule is CCOc1cccc(OC)c1C(C)C(C)C. The molecule has 1 rings (SSSR count). The van der Waals surface area contributed by atoms with E-state index in [2.05, 4.69) is 20.8 Å². The van der Waals surface area contributed by atoms with E-state index in [4.69, 9.17) is 9.47 Å². The quantitative estimate of drug-likeness (QED) is 0.753. The maximum atomic E-state index is 5.67. The Hall–Kier alpha value is -1.18. The van der Waals surface area contributed by atoms with Crippen molar-refractivity contribution >= 4 is 0 Å². The number of benzene rings is 1. The molecule has 0 radical (unpaired) electrons. The molecule has 0 spiro atoms. The van der Waals surface area contributed by atoms with Gasteiger partial charge in [0, 0.05) is 5.56 Å². The highest BCUT2D eigenvalue weighted by Crippen LogP contribution is 2.38. The Morgan fingerprint density at radius 2 is 1.75 bits per heavy atom. The second-order valence-corrected chi connectivity index (χ2v) is 4.34. The van der Waals surface area contributed by atoms with Crippen molar-refractivity contribution in [1.29, 1.82) is 0 Å². The normalized spacial score (nSPS) is 12.6. The average Bonchev–Trinajstić information content (AvgIpc) is 2.28. The molecule has 0 fully saturated rings. The van der Waals surface area contributed by atoms with Crippen LogP contribution >= 0.6 is 0 Å². The van der Waals surface area contributed by atoms with Gasteiger partial charge in [-0.05, 0) is 30.9 Å². The van der Waals surface area contributed by atoms with Crippen LogP contribution in [0.3, 0.4) is 0 Å². The molecule has 0 saturated heterocycles. The first-order valence-electron chi connectivity index (χ1n) is 5.91. The van der Waals surface area contributed by atoms with E-state index in [1.165, 1.54) is 5.56 Å². The Bertz CT molecular complexity index is 332. The highest BCUT2D eigenvalue weighted by Gasteiger charge is 2.19. The van der Waals surface area contributed by atoms with Gasteiger partial charge in [0.25, 0.3) is 0 Å². The molecule has 0 aliphatic carbocycles. The highest BCUT2D eigenvalue weighted by atomic mass is 16.5. The largest absolute Gasteiger partial charge is 0.496 e. The molecule has 0 aliphatic heterocycles. The smallest absolute Gasteiger partial charge is 0.126 e. The van der Waals surface area contributed by atoms with Crippen LogP contribution < -0.4 is 9.47 Å². The van der Waals surface area contributed by atoms with Crippen molar-refractivity contribution in [1.82, 2.24) is 0 Å². The molecule has 0 heterocycles. The summed E-state index contributed by atoms with van der Waals surface area (Å²) in [5.74, 6) is 2.86. The van der Waals surface area contributed by atoms with Gasteiger partial charge in [0.1, 0.15) is 11.5 Å². The van der Waals surface area contributed by atoms with E-state index in [9.17, 15) is 0 Å². The molecule has 1 unspecified atom stereocenters. The molecule has 0 N–H and O–H groups in total. The summed E-state index contributed by atoms with van der Waals surface area (Å²) in [7, 11) is 1.71. The lowest BCUT2D eigenvalue weighted by Gasteiger charge is -2.22. The van der Waals surface area contributed by atoms with E-state index < -0.39 is 0 Å². The molecule has 0 aliphatic rings. The third kappa shape index (κ3) is 2.69. The van der Waals surface area contributed by atoms with Gasteiger partial charge >= 0.3 is 0 Å². The van der Waals surface area contributed by atoms with Gasteiger partial charge in [-0.2, -0.15) is 0 Å². The summed E-state index contributed by atoms with van der Waals surface area (Å²) >= 11 is 0. The van der Waals surface area contributed by atoms with Crippen molar-refractivity contribution in [3.8, 4) is 11.5 Å². The van der Waals surface area contributed by atoms with Gasteiger partial charge in [0.15, 0.2) is 0 Å². The fraction of sp³-hybridized carbons (Fsp3) is 0.571. The molecule has 1 atom stereocenters. The standard InChI is InChI=1S/C14H22O2/c1-6-16-13-9-7-8-12(15-5)14(13)11(4)10(2)3/h7-11H,6H2,1-5H3. The van der Waals surface area contributed by atoms with Crippen LogP contribution in [-0.2, 0) is 0 Å². The molecule has 16 heavy (non-hydrogen) atoms. The summed E-state index contributed by atoms with van der Waals surface area (Å²) in [5, 5.41) is 0. The molecule has 90 valence electrons. The van der Waals surface area contributed by atoms with Gasteiger partial charge in [-0.25, -0.2) is 0 Å². The molecule has 0 amide bonds. The van der Waals surface area contributed by atoms with Crippen molar-refractivity contribution in [2.45, 2.75) is 33.6 Å². The van der Waals surface area contributed by atoms with Gasteiger partial charge in [-0.1, -0.05) is 26.8 Å². The minimum atomic E-state index is 0.428. The van der Waals surface area contributed by atoms with Crippen molar-refractivity contribution in [3.63, 3.8) is 0 Å². The van der Waals surface area contributed by atoms with E-state index >= 15 is 0 Å². The van der Waals surface area contributed by atoms with E-state index in [0.717, 1.165) is 11.5 Å². The Morgan fingerprint density at radius 1 is 1.12 bits per heavy atom. The molecule has 0 aromatic heterocycles. The molecular formula is C14H22O2. The van der Waals surface area contributed by atoms with E-state index in [1.54, 1.807) is 7.11 Å². The number of hydrogen-bond acceptors (Lipinski definition) is 2. The van der Waals surface area contributed by atoms with Crippen LogP contribution in [-0.4, -0.2) is 13.7 Å². The number of rotatable bonds is 5. The predicted octanol–water partition coefficient (Wildman–Crippen LogP) is 3.85. The van der Waals surface area contributed by atoms with Crippen LogP contribution in [0.15, 0.2) is 18.2 Å². The van der Waals surface area contributed by atoms with Crippen LogP contribution in [0.25, 0.3) is 0 Å². The predicted molar refractivity (Wildman–Crippen MR) is 67.4 cm³/mol. The maximum absolute atomic E-state index is 5.67. The topological polar surface area (TPSA) is 18.5 Å². The summed E-state index contributed by atoms with van der Waals surface area (Å²) < 4.78 is 11.1. The second-order valence-electron chi connectivity index (χ2n) is 4.34. The Labute approximate surface area is 98.6 Å². The molecule has 0 saturated carbocycles.